The van der Waals surface area contributed by atoms with Gasteiger partial charge in [-0.2, -0.15) is 0 Å². The van der Waals surface area contributed by atoms with Crippen molar-refractivity contribution in [1.82, 2.24) is 4.90 Å². The highest BCUT2D eigenvalue weighted by Gasteiger charge is 2.20. The van der Waals surface area contributed by atoms with Crippen molar-refractivity contribution in [3.8, 4) is 0 Å². The van der Waals surface area contributed by atoms with Crippen LogP contribution in [0.2, 0.25) is 0 Å². The molecule has 0 bridgehead atoms. The molecule has 1 heterocycles. The van der Waals surface area contributed by atoms with Crippen LogP contribution in [0.25, 0.3) is 0 Å². The lowest BCUT2D eigenvalue weighted by molar-refractivity contribution is 0.134. The third-order valence-corrected chi connectivity index (χ3v) is 3.05. The Balaban J connectivity index is 2.41. The molecule has 0 atom stereocenters. The van der Waals surface area contributed by atoms with E-state index in [-0.39, 0.29) is 0 Å². The first kappa shape index (κ1) is 11.0. The molecule has 13 heavy (non-hydrogen) atoms. The van der Waals surface area contributed by atoms with Gasteiger partial charge in [0.2, 0.25) is 0 Å². The van der Waals surface area contributed by atoms with Crippen LogP contribution in [-0.4, -0.2) is 23.5 Å². The largest absolute Gasteiger partial charge is 0.298 e. The van der Waals surface area contributed by atoms with Gasteiger partial charge in [0.25, 0.3) is 0 Å². The molecule has 0 aromatic rings. The van der Waals surface area contributed by atoms with E-state index in [2.05, 4.69) is 25.7 Å². The SMILES string of the molecule is CC(C)(C)N1CCCCCCCC1. The van der Waals surface area contributed by atoms with E-state index >= 15 is 0 Å². The first-order valence-corrected chi connectivity index (χ1v) is 5.86. The summed E-state index contributed by atoms with van der Waals surface area (Å²) in [5.41, 5.74) is 0.379. The average Bonchev–Trinajstić information content (AvgIpc) is 2.14. The minimum Gasteiger partial charge on any atom is -0.298 e. The molecule has 0 aromatic carbocycles. The van der Waals surface area contributed by atoms with E-state index in [4.69, 9.17) is 0 Å². The van der Waals surface area contributed by atoms with Gasteiger partial charge in [-0.25, -0.2) is 0 Å². The molecule has 78 valence electrons. The van der Waals surface area contributed by atoms with Gasteiger partial charge in [0.05, 0.1) is 0 Å². The van der Waals surface area contributed by atoms with Crippen LogP contribution in [0, 0.1) is 0 Å². The van der Waals surface area contributed by atoms with E-state index in [9.17, 15) is 0 Å². The fraction of sp³-hybridized carbons (Fsp3) is 1.00. The van der Waals surface area contributed by atoms with E-state index in [1.54, 1.807) is 0 Å². The summed E-state index contributed by atoms with van der Waals surface area (Å²) in [4.78, 5) is 2.65. The van der Waals surface area contributed by atoms with Crippen LogP contribution in [0.5, 0.6) is 0 Å². The van der Waals surface area contributed by atoms with Gasteiger partial charge in [0.15, 0.2) is 0 Å². The van der Waals surface area contributed by atoms with Gasteiger partial charge in [-0.15, -0.1) is 0 Å². The zero-order valence-electron chi connectivity index (χ0n) is 9.60. The van der Waals surface area contributed by atoms with Crippen molar-refractivity contribution in [2.24, 2.45) is 0 Å². The standard InChI is InChI=1S/C12H25N/c1-12(2,3)13-10-8-6-4-5-7-9-11-13/h4-11H2,1-3H3. The normalized spacial score (nSPS) is 23.3. The molecule has 0 amide bonds. The number of hydrogen-bond donors (Lipinski definition) is 0. The summed E-state index contributed by atoms with van der Waals surface area (Å²) in [6, 6.07) is 0. The molecule has 0 aliphatic carbocycles. The molecule has 1 rings (SSSR count). The van der Waals surface area contributed by atoms with Gasteiger partial charge in [0, 0.05) is 5.54 Å². The Morgan fingerprint density at radius 2 is 1.08 bits per heavy atom. The van der Waals surface area contributed by atoms with E-state index in [0.717, 1.165) is 0 Å². The number of rotatable bonds is 0. The lowest BCUT2D eigenvalue weighted by Gasteiger charge is -2.35. The molecule has 1 heteroatoms. The Hall–Kier alpha value is -0.0400. The van der Waals surface area contributed by atoms with E-state index in [0.29, 0.717) is 5.54 Å². The van der Waals surface area contributed by atoms with Crippen molar-refractivity contribution in [2.45, 2.75) is 64.8 Å². The Morgan fingerprint density at radius 3 is 1.46 bits per heavy atom. The number of nitrogens with zero attached hydrogens (tertiary/aromatic N) is 1. The second kappa shape index (κ2) is 4.99. The zero-order valence-corrected chi connectivity index (χ0v) is 9.60. The van der Waals surface area contributed by atoms with Crippen LogP contribution in [0.4, 0.5) is 0 Å². The van der Waals surface area contributed by atoms with Crippen LogP contribution in [0.15, 0.2) is 0 Å². The van der Waals surface area contributed by atoms with Crippen molar-refractivity contribution >= 4 is 0 Å². The Kier molecular flexibility index (Phi) is 4.24. The van der Waals surface area contributed by atoms with Gasteiger partial charge in [-0.05, 0) is 46.7 Å². The van der Waals surface area contributed by atoms with Crippen LogP contribution in [-0.2, 0) is 0 Å². The molecular formula is C12H25N. The third kappa shape index (κ3) is 4.12. The highest BCUT2D eigenvalue weighted by molar-refractivity contribution is 4.76. The predicted octanol–water partition coefficient (Wildman–Crippen LogP) is 3.44. The fourth-order valence-electron chi connectivity index (χ4n) is 2.10. The van der Waals surface area contributed by atoms with E-state index in [1.807, 2.05) is 0 Å². The number of hydrogen-bond acceptors (Lipinski definition) is 1. The summed E-state index contributed by atoms with van der Waals surface area (Å²) in [7, 11) is 0. The zero-order chi connectivity index (χ0) is 9.73. The van der Waals surface area contributed by atoms with Crippen molar-refractivity contribution in [1.29, 1.82) is 0 Å². The highest BCUT2D eigenvalue weighted by Crippen LogP contribution is 2.18. The second-order valence-electron chi connectivity index (χ2n) is 5.28. The lowest BCUT2D eigenvalue weighted by atomic mass is 10.1. The van der Waals surface area contributed by atoms with Gasteiger partial charge in [-0.3, -0.25) is 4.90 Å². The molecule has 0 unspecified atom stereocenters. The van der Waals surface area contributed by atoms with Gasteiger partial charge >= 0.3 is 0 Å². The Morgan fingerprint density at radius 1 is 0.692 bits per heavy atom. The monoisotopic (exact) mass is 183 g/mol. The molecule has 0 spiro atoms. The second-order valence-corrected chi connectivity index (χ2v) is 5.28. The summed E-state index contributed by atoms with van der Waals surface area (Å²) in [6.45, 7) is 9.63. The van der Waals surface area contributed by atoms with Crippen LogP contribution in [0.3, 0.4) is 0 Å². The van der Waals surface area contributed by atoms with Gasteiger partial charge in [-0.1, -0.05) is 25.7 Å². The minimum absolute atomic E-state index is 0.379. The molecule has 1 saturated heterocycles. The van der Waals surface area contributed by atoms with Crippen LogP contribution >= 0.6 is 0 Å². The molecule has 0 aromatic heterocycles. The van der Waals surface area contributed by atoms with Crippen molar-refractivity contribution < 1.29 is 0 Å². The molecule has 0 N–H and O–H groups in total. The highest BCUT2D eigenvalue weighted by atomic mass is 15.2. The predicted molar refractivity (Wildman–Crippen MR) is 59.0 cm³/mol. The molecule has 1 aliphatic heterocycles. The topological polar surface area (TPSA) is 3.24 Å². The molecule has 1 nitrogen and oxygen atoms in total. The van der Waals surface area contributed by atoms with E-state index < -0.39 is 0 Å². The summed E-state index contributed by atoms with van der Waals surface area (Å²) in [5, 5.41) is 0. The maximum absolute atomic E-state index is 2.65. The third-order valence-electron chi connectivity index (χ3n) is 3.05. The smallest absolute Gasteiger partial charge is 0.0125 e. The van der Waals surface area contributed by atoms with Crippen LogP contribution < -0.4 is 0 Å². The maximum Gasteiger partial charge on any atom is 0.0125 e. The molecule has 1 aliphatic rings. The van der Waals surface area contributed by atoms with E-state index in [1.165, 1.54) is 51.6 Å². The quantitative estimate of drug-likeness (QED) is 0.556. The first-order chi connectivity index (χ1) is 6.11. The lowest BCUT2D eigenvalue weighted by Crippen LogP contribution is -2.42. The molecular weight excluding hydrogens is 158 g/mol. The molecule has 0 saturated carbocycles. The summed E-state index contributed by atoms with van der Waals surface area (Å²) >= 11 is 0. The summed E-state index contributed by atoms with van der Waals surface area (Å²) in [6.07, 6.45) is 8.59. The fourth-order valence-corrected chi connectivity index (χ4v) is 2.10. The first-order valence-electron chi connectivity index (χ1n) is 5.86. The maximum atomic E-state index is 2.65. The Labute approximate surface area is 83.5 Å². The van der Waals surface area contributed by atoms with Gasteiger partial charge in [0.1, 0.15) is 0 Å². The Bertz CT molecular complexity index is 125. The average molecular weight is 183 g/mol. The van der Waals surface area contributed by atoms with Gasteiger partial charge < -0.3 is 0 Å². The van der Waals surface area contributed by atoms with Crippen molar-refractivity contribution in [2.75, 3.05) is 13.1 Å². The molecule has 1 fully saturated rings. The summed E-state index contributed by atoms with van der Waals surface area (Å²) in [5.74, 6) is 0. The minimum atomic E-state index is 0.379. The van der Waals surface area contributed by atoms with Crippen molar-refractivity contribution in [3.63, 3.8) is 0 Å². The van der Waals surface area contributed by atoms with Crippen molar-refractivity contribution in [3.05, 3.63) is 0 Å². The van der Waals surface area contributed by atoms with Crippen LogP contribution in [0.1, 0.15) is 59.3 Å². The molecule has 0 radical (unpaired) electrons. The summed E-state index contributed by atoms with van der Waals surface area (Å²) < 4.78 is 0.